The zero-order valence-electron chi connectivity index (χ0n) is 7.34. The Balaban J connectivity index is 0.000000845. The Morgan fingerprint density at radius 2 is 2.15 bits per heavy atom. The van der Waals surface area contributed by atoms with Gasteiger partial charge in [0, 0.05) is 12.1 Å². The van der Waals surface area contributed by atoms with E-state index in [1.54, 1.807) is 0 Å². The molecule has 0 bridgehead atoms. The van der Waals surface area contributed by atoms with Gasteiger partial charge in [0.15, 0.2) is 0 Å². The van der Waals surface area contributed by atoms with Gasteiger partial charge in [-0.05, 0) is 36.2 Å². The highest BCUT2D eigenvalue weighted by Crippen LogP contribution is 2.14. The van der Waals surface area contributed by atoms with E-state index in [-0.39, 0.29) is 12.4 Å². The smallest absolute Gasteiger partial charge is 0.0246 e. The van der Waals surface area contributed by atoms with Crippen molar-refractivity contribution in [1.29, 1.82) is 0 Å². The number of benzene rings is 1. The lowest BCUT2D eigenvalue weighted by atomic mass is 9.99. The first-order chi connectivity index (χ1) is 5.90. The van der Waals surface area contributed by atoms with E-state index in [0.717, 1.165) is 25.1 Å². The quantitative estimate of drug-likeness (QED) is 0.619. The molecule has 1 aromatic carbocycles. The zero-order valence-corrected chi connectivity index (χ0v) is 8.16. The van der Waals surface area contributed by atoms with E-state index in [4.69, 9.17) is 6.42 Å². The minimum atomic E-state index is 0. The van der Waals surface area contributed by atoms with E-state index in [0.29, 0.717) is 0 Å². The molecule has 0 fully saturated rings. The third kappa shape index (κ3) is 2.03. The molecule has 0 amide bonds. The molecule has 0 spiro atoms. The number of nitrogens with one attached hydrogen (secondary N) is 1. The van der Waals surface area contributed by atoms with Gasteiger partial charge in [-0.25, -0.2) is 0 Å². The third-order valence-corrected chi connectivity index (χ3v) is 2.26. The second-order valence-corrected chi connectivity index (χ2v) is 3.05. The average Bonchev–Trinajstić information content (AvgIpc) is 2.17. The average molecular weight is 194 g/mol. The van der Waals surface area contributed by atoms with Gasteiger partial charge in [-0.2, -0.15) is 0 Å². The van der Waals surface area contributed by atoms with Gasteiger partial charge in [0.1, 0.15) is 0 Å². The summed E-state index contributed by atoms with van der Waals surface area (Å²) >= 11 is 0. The lowest BCUT2D eigenvalue weighted by Crippen LogP contribution is -2.23. The summed E-state index contributed by atoms with van der Waals surface area (Å²) in [6.07, 6.45) is 6.44. The Bertz CT molecular complexity index is 338. The van der Waals surface area contributed by atoms with E-state index in [1.165, 1.54) is 11.1 Å². The standard InChI is InChI=1S/C11H11N.ClH/c1-2-9-3-4-10-5-6-12-8-11(10)7-9;/h1,3-4,7,12H,5-6,8H2;1H. The molecule has 1 heterocycles. The monoisotopic (exact) mass is 193 g/mol. The van der Waals surface area contributed by atoms with Crippen molar-refractivity contribution in [3.05, 3.63) is 34.9 Å². The Labute approximate surface area is 85.0 Å². The van der Waals surface area contributed by atoms with Crippen molar-refractivity contribution in [3.63, 3.8) is 0 Å². The lowest BCUT2D eigenvalue weighted by molar-refractivity contribution is 0.643. The molecule has 1 aromatic rings. The zero-order chi connectivity index (χ0) is 8.39. The summed E-state index contributed by atoms with van der Waals surface area (Å²) in [5.41, 5.74) is 3.78. The predicted octanol–water partition coefficient (Wildman–Crippen LogP) is 1.74. The molecule has 0 aromatic heterocycles. The van der Waals surface area contributed by atoms with Gasteiger partial charge in [0.25, 0.3) is 0 Å². The number of terminal acetylenes is 1. The molecule has 0 radical (unpaired) electrons. The number of rotatable bonds is 0. The van der Waals surface area contributed by atoms with Crippen LogP contribution in [0.1, 0.15) is 16.7 Å². The molecule has 68 valence electrons. The van der Waals surface area contributed by atoms with Gasteiger partial charge in [0.2, 0.25) is 0 Å². The first kappa shape index (κ1) is 10.1. The molecule has 2 rings (SSSR count). The molecular formula is C11H12ClN. The summed E-state index contributed by atoms with van der Waals surface area (Å²) in [5.74, 6) is 2.65. The normalized spacial score (nSPS) is 13.8. The molecular weight excluding hydrogens is 182 g/mol. The lowest BCUT2D eigenvalue weighted by Gasteiger charge is -2.16. The molecule has 1 aliphatic heterocycles. The van der Waals surface area contributed by atoms with Gasteiger partial charge < -0.3 is 5.32 Å². The molecule has 0 aliphatic carbocycles. The van der Waals surface area contributed by atoms with Crippen LogP contribution in [-0.2, 0) is 13.0 Å². The molecule has 1 aliphatic rings. The van der Waals surface area contributed by atoms with Crippen LogP contribution in [-0.4, -0.2) is 6.54 Å². The van der Waals surface area contributed by atoms with Crippen molar-refractivity contribution in [3.8, 4) is 12.3 Å². The molecule has 0 atom stereocenters. The van der Waals surface area contributed by atoms with Crippen LogP contribution in [0.3, 0.4) is 0 Å². The van der Waals surface area contributed by atoms with Gasteiger partial charge in [0.05, 0.1) is 0 Å². The van der Waals surface area contributed by atoms with E-state index >= 15 is 0 Å². The maximum atomic E-state index is 5.31. The van der Waals surface area contributed by atoms with E-state index in [2.05, 4.69) is 23.4 Å². The summed E-state index contributed by atoms with van der Waals surface area (Å²) < 4.78 is 0. The highest BCUT2D eigenvalue weighted by Gasteiger charge is 2.07. The molecule has 13 heavy (non-hydrogen) atoms. The molecule has 2 heteroatoms. The Morgan fingerprint density at radius 3 is 2.92 bits per heavy atom. The van der Waals surface area contributed by atoms with E-state index in [9.17, 15) is 0 Å². The SMILES string of the molecule is C#Cc1ccc2c(c1)CNCC2.Cl. The first-order valence-electron chi connectivity index (χ1n) is 4.19. The summed E-state index contributed by atoms with van der Waals surface area (Å²) in [6.45, 7) is 2.05. The van der Waals surface area contributed by atoms with Crippen LogP contribution in [0.15, 0.2) is 18.2 Å². The van der Waals surface area contributed by atoms with Crippen molar-refractivity contribution in [2.75, 3.05) is 6.54 Å². The number of halogens is 1. The van der Waals surface area contributed by atoms with Crippen LogP contribution < -0.4 is 5.32 Å². The summed E-state index contributed by atoms with van der Waals surface area (Å²) in [6, 6.07) is 6.26. The van der Waals surface area contributed by atoms with Gasteiger partial charge in [-0.1, -0.05) is 12.0 Å². The second-order valence-electron chi connectivity index (χ2n) is 3.05. The highest BCUT2D eigenvalue weighted by molar-refractivity contribution is 5.85. The van der Waals surface area contributed by atoms with Crippen molar-refractivity contribution in [2.24, 2.45) is 0 Å². The van der Waals surface area contributed by atoms with Gasteiger partial charge in [-0.3, -0.25) is 0 Å². The Kier molecular flexibility index (Phi) is 3.36. The number of hydrogen-bond donors (Lipinski definition) is 1. The van der Waals surface area contributed by atoms with Crippen molar-refractivity contribution < 1.29 is 0 Å². The maximum absolute atomic E-state index is 5.31. The van der Waals surface area contributed by atoms with Crippen LogP contribution in [0.4, 0.5) is 0 Å². The number of hydrogen-bond acceptors (Lipinski definition) is 1. The predicted molar refractivity (Wildman–Crippen MR) is 57.0 cm³/mol. The second kappa shape index (κ2) is 4.32. The van der Waals surface area contributed by atoms with E-state index < -0.39 is 0 Å². The summed E-state index contributed by atoms with van der Waals surface area (Å²) in [4.78, 5) is 0. The van der Waals surface area contributed by atoms with E-state index in [1.807, 2.05) is 6.07 Å². The first-order valence-corrected chi connectivity index (χ1v) is 4.19. The topological polar surface area (TPSA) is 12.0 Å². The largest absolute Gasteiger partial charge is 0.312 e. The van der Waals surface area contributed by atoms with Crippen LogP contribution in [0.2, 0.25) is 0 Å². The van der Waals surface area contributed by atoms with Gasteiger partial charge >= 0.3 is 0 Å². The van der Waals surface area contributed by atoms with Crippen LogP contribution in [0.5, 0.6) is 0 Å². The molecule has 0 saturated heterocycles. The van der Waals surface area contributed by atoms with Crippen LogP contribution in [0, 0.1) is 12.3 Å². The van der Waals surface area contributed by atoms with Crippen LogP contribution >= 0.6 is 12.4 Å². The fourth-order valence-electron chi connectivity index (χ4n) is 1.57. The fourth-order valence-corrected chi connectivity index (χ4v) is 1.57. The molecule has 0 unspecified atom stereocenters. The third-order valence-electron chi connectivity index (χ3n) is 2.26. The Hall–Kier alpha value is -0.970. The molecule has 1 N–H and O–H groups in total. The van der Waals surface area contributed by atoms with Crippen molar-refractivity contribution in [2.45, 2.75) is 13.0 Å². The molecule has 1 nitrogen and oxygen atoms in total. The minimum Gasteiger partial charge on any atom is -0.312 e. The number of fused-ring (bicyclic) bond motifs is 1. The molecule has 0 saturated carbocycles. The summed E-state index contributed by atoms with van der Waals surface area (Å²) in [5, 5.41) is 3.32. The van der Waals surface area contributed by atoms with Crippen molar-refractivity contribution in [1.82, 2.24) is 5.32 Å². The van der Waals surface area contributed by atoms with Crippen molar-refractivity contribution >= 4 is 12.4 Å². The maximum Gasteiger partial charge on any atom is 0.0246 e. The minimum absolute atomic E-state index is 0. The highest BCUT2D eigenvalue weighted by atomic mass is 35.5. The Morgan fingerprint density at radius 1 is 1.31 bits per heavy atom. The summed E-state index contributed by atoms with van der Waals surface area (Å²) in [7, 11) is 0. The fraction of sp³-hybridized carbons (Fsp3) is 0.273. The van der Waals surface area contributed by atoms with Crippen LogP contribution in [0.25, 0.3) is 0 Å². The van der Waals surface area contributed by atoms with Gasteiger partial charge in [-0.15, -0.1) is 18.8 Å².